The van der Waals surface area contributed by atoms with Gasteiger partial charge in [-0.05, 0) is 105 Å². The van der Waals surface area contributed by atoms with Gasteiger partial charge in [-0.25, -0.2) is 0 Å². The average Bonchev–Trinajstić information content (AvgIpc) is 3.67. The lowest BCUT2D eigenvalue weighted by atomic mass is 9.75. The summed E-state index contributed by atoms with van der Waals surface area (Å²) in [7, 11) is 0. The van der Waals surface area contributed by atoms with Crippen LogP contribution in [0.1, 0.15) is 83.9 Å². The van der Waals surface area contributed by atoms with E-state index in [0.29, 0.717) is 17.2 Å². The zero-order chi connectivity index (χ0) is 28.7. The molecule has 2 atom stereocenters. The van der Waals surface area contributed by atoms with Crippen LogP contribution in [-0.4, -0.2) is 38.0 Å². The molecule has 2 saturated heterocycles. The average molecular weight is 555 g/mol. The number of nitrogens with zero attached hydrogens (tertiary/aromatic N) is 1. The molecular weight excluding hydrogens is 512 g/mol. The Morgan fingerprint density at radius 2 is 1.98 bits per heavy atom. The minimum absolute atomic E-state index is 0.0500. The van der Waals surface area contributed by atoms with Gasteiger partial charge in [-0.3, -0.25) is 9.59 Å². The Labute approximate surface area is 243 Å². The second-order valence-corrected chi connectivity index (χ2v) is 11.8. The van der Waals surface area contributed by atoms with Gasteiger partial charge in [0, 0.05) is 43.2 Å². The van der Waals surface area contributed by atoms with Gasteiger partial charge in [0.05, 0.1) is 6.26 Å². The maximum absolute atomic E-state index is 13.1. The number of unbranched alkanes of at least 4 members (excludes halogenated alkanes) is 1. The molecule has 5 rings (SSSR count). The molecule has 6 heteroatoms. The van der Waals surface area contributed by atoms with E-state index in [1.165, 1.54) is 17.5 Å². The minimum atomic E-state index is -0.314. The molecule has 0 radical (unpaired) electrons. The first kappa shape index (κ1) is 28.9. The number of hydrogen-bond donors (Lipinski definition) is 1. The number of anilines is 2. The summed E-state index contributed by atoms with van der Waals surface area (Å²) in [5, 5.41) is 3.08. The molecule has 41 heavy (non-hydrogen) atoms. The van der Waals surface area contributed by atoms with Crippen LogP contribution in [0.3, 0.4) is 0 Å². The highest BCUT2D eigenvalue weighted by molar-refractivity contribution is 6.07. The number of aryl methyl sites for hydroxylation is 1. The first-order valence-corrected chi connectivity index (χ1v) is 15.0. The normalized spacial score (nSPS) is 21.2. The van der Waals surface area contributed by atoms with Crippen molar-refractivity contribution in [2.45, 2.75) is 64.2 Å². The van der Waals surface area contributed by atoms with Gasteiger partial charge < -0.3 is 19.4 Å². The highest BCUT2D eigenvalue weighted by Gasteiger charge is 2.33. The number of ether oxygens (including phenoxy) is 1. The molecule has 2 aromatic carbocycles. The van der Waals surface area contributed by atoms with Crippen molar-refractivity contribution in [1.82, 2.24) is 0 Å². The number of hydrogen-bond acceptors (Lipinski definition) is 5. The molecule has 2 aliphatic rings. The van der Waals surface area contributed by atoms with Crippen LogP contribution >= 0.6 is 0 Å². The van der Waals surface area contributed by atoms with Crippen molar-refractivity contribution >= 4 is 23.1 Å². The van der Waals surface area contributed by atoms with E-state index in [-0.39, 0.29) is 22.9 Å². The first-order chi connectivity index (χ1) is 19.9. The van der Waals surface area contributed by atoms with Gasteiger partial charge in [0.15, 0.2) is 11.5 Å². The summed E-state index contributed by atoms with van der Waals surface area (Å²) in [6.07, 6.45) is 12.3. The maximum atomic E-state index is 13.1. The van der Waals surface area contributed by atoms with Crippen LogP contribution in [0.4, 0.5) is 11.4 Å². The molecular formula is C35H42N2O4. The van der Waals surface area contributed by atoms with E-state index in [2.05, 4.69) is 48.3 Å². The largest absolute Gasteiger partial charge is 0.459 e. The number of carbonyl (C=O) groups excluding carboxylic acids is 2. The highest BCUT2D eigenvalue weighted by atomic mass is 16.5. The predicted molar refractivity (Wildman–Crippen MR) is 164 cm³/mol. The third-order valence-corrected chi connectivity index (χ3v) is 8.77. The zero-order valence-electron chi connectivity index (χ0n) is 24.4. The van der Waals surface area contributed by atoms with E-state index in [1.54, 1.807) is 18.2 Å². The molecule has 6 nitrogen and oxygen atoms in total. The Kier molecular flexibility index (Phi) is 9.40. The van der Waals surface area contributed by atoms with E-state index >= 15 is 0 Å². The van der Waals surface area contributed by atoms with Gasteiger partial charge in [-0.1, -0.05) is 43.3 Å². The topological polar surface area (TPSA) is 71.8 Å². The van der Waals surface area contributed by atoms with Crippen molar-refractivity contribution in [2.75, 3.05) is 36.5 Å². The SMILES string of the molecule is Cc1ccccc1N1CCC[C@@](C)(c2ccc(C(=O)/C=C/CCCC3CCOC3)cc2NC(=O)c2ccco2)CC1. The van der Waals surface area contributed by atoms with Crippen molar-refractivity contribution in [2.24, 2.45) is 5.92 Å². The van der Waals surface area contributed by atoms with Gasteiger partial charge in [0.1, 0.15) is 0 Å². The van der Waals surface area contributed by atoms with Crippen LogP contribution in [0.15, 0.2) is 77.4 Å². The molecule has 1 unspecified atom stereocenters. The highest BCUT2D eigenvalue weighted by Crippen LogP contribution is 2.40. The number of amides is 1. The second-order valence-electron chi connectivity index (χ2n) is 11.8. The van der Waals surface area contributed by atoms with Gasteiger partial charge in [-0.15, -0.1) is 0 Å². The first-order valence-electron chi connectivity index (χ1n) is 15.0. The summed E-state index contributed by atoms with van der Waals surface area (Å²) in [4.78, 5) is 28.7. The quantitative estimate of drug-likeness (QED) is 0.158. The minimum Gasteiger partial charge on any atom is -0.459 e. The molecule has 3 heterocycles. The van der Waals surface area contributed by atoms with Crippen LogP contribution in [0, 0.1) is 12.8 Å². The monoisotopic (exact) mass is 554 g/mol. The van der Waals surface area contributed by atoms with E-state index in [4.69, 9.17) is 9.15 Å². The Balaban J connectivity index is 1.34. The number of allylic oxidation sites excluding steroid dienone is 2. The Bertz CT molecular complexity index is 1360. The molecule has 3 aromatic rings. The van der Waals surface area contributed by atoms with Crippen molar-refractivity contribution in [3.8, 4) is 0 Å². The summed E-state index contributed by atoms with van der Waals surface area (Å²) in [5.74, 6) is 0.537. The molecule has 0 saturated carbocycles. The molecule has 0 bridgehead atoms. The van der Waals surface area contributed by atoms with Crippen LogP contribution < -0.4 is 10.2 Å². The number of furan rings is 1. The van der Waals surface area contributed by atoms with Crippen molar-refractivity contribution in [1.29, 1.82) is 0 Å². The number of nitrogens with one attached hydrogen (secondary N) is 1. The lowest BCUT2D eigenvalue weighted by Crippen LogP contribution is -2.29. The van der Waals surface area contributed by atoms with E-state index in [9.17, 15) is 9.59 Å². The standard InChI is InChI=1S/C35H42N2O4/c1-26-10-6-7-12-31(26)37-20-9-18-35(2,19-21-37)29-16-15-28(24-30(29)36-34(39)33-14-8-22-41-33)32(38)13-5-3-4-11-27-17-23-40-25-27/h5-8,10,12-16,22,24,27H,3-4,9,11,17-21,23,25H2,1-2H3,(H,36,39)/b13-5+/t27?,35-/m1/s1. The Morgan fingerprint density at radius 1 is 1.10 bits per heavy atom. The van der Waals surface area contributed by atoms with Crippen LogP contribution in [0.5, 0.6) is 0 Å². The van der Waals surface area contributed by atoms with Crippen LogP contribution in [0.25, 0.3) is 0 Å². The third-order valence-electron chi connectivity index (χ3n) is 8.77. The zero-order valence-corrected chi connectivity index (χ0v) is 24.4. The lowest BCUT2D eigenvalue weighted by molar-refractivity contribution is 0.0994. The van der Waals surface area contributed by atoms with Gasteiger partial charge >= 0.3 is 0 Å². The number of benzene rings is 2. The number of para-hydroxylation sites is 1. The smallest absolute Gasteiger partial charge is 0.291 e. The van der Waals surface area contributed by atoms with Crippen molar-refractivity contribution in [3.05, 3.63) is 95.5 Å². The van der Waals surface area contributed by atoms with Gasteiger partial charge in [0.25, 0.3) is 5.91 Å². The molecule has 0 aliphatic carbocycles. The van der Waals surface area contributed by atoms with Crippen LogP contribution in [0.2, 0.25) is 0 Å². The third kappa shape index (κ3) is 7.17. The summed E-state index contributed by atoms with van der Waals surface area (Å²) in [6.45, 7) is 8.09. The fourth-order valence-corrected chi connectivity index (χ4v) is 6.25. The van der Waals surface area contributed by atoms with Gasteiger partial charge in [-0.2, -0.15) is 0 Å². The summed E-state index contributed by atoms with van der Waals surface area (Å²) in [5.41, 5.74) is 4.72. The summed E-state index contributed by atoms with van der Waals surface area (Å²) >= 11 is 0. The Morgan fingerprint density at radius 3 is 2.76 bits per heavy atom. The summed E-state index contributed by atoms with van der Waals surface area (Å²) in [6, 6.07) is 17.7. The summed E-state index contributed by atoms with van der Waals surface area (Å²) < 4.78 is 10.8. The fourth-order valence-electron chi connectivity index (χ4n) is 6.25. The van der Waals surface area contributed by atoms with Crippen LogP contribution in [-0.2, 0) is 10.2 Å². The molecule has 216 valence electrons. The molecule has 1 N–H and O–H groups in total. The van der Waals surface area contributed by atoms with Crippen molar-refractivity contribution < 1.29 is 18.7 Å². The molecule has 1 amide bonds. The number of carbonyl (C=O) groups is 2. The molecule has 0 spiro atoms. The Hall–Kier alpha value is -3.64. The number of ketones is 1. The lowest BCUT2D eigenvalue weighted by Gasteiger charge is -2.32. The molecule has 1 aromatic heterocycles. The van der Waals surface area contributed by atoms with E-state index in [0.717, 1.165) is 76.8 Å². The van der Waals surface area contributed by atoms with Gasteiger partial charge in [0.2, 0.25) is 0 Å². The number of rotatable bonds is 10. The maximum Gasteiger partial charge on any atom is 0.291 e. The fraction of sp³-hybridized carbons (Fsp3) is 0.429. The van der Waals surface area contributed by atoms with E-state index < -0.39 is 0 Å². The molecule has 2 aliphatic heterocycles. The predicted octanol–water partition coefficient (Wildman–Crippen LogP) is 7.73. The van der Waals surface area contributed by atoms with Crippen molar-refractivity contribution in [3.63, 3.8) is 0 Å². The second kappa shape index (κ2) is 13.3. The van der Waals surface area contributed by atoms with E-state index in [1.807, 2.05) is 24.3 Å². The molecule has 2 fully saturated rings.